The van der Waals surface area contributed by atoms with E-state index in [0.29, 0.717) is 21.5 Å². The summed E-state index contributed by atoms with van der Waals surface area (Å²) >= 11 is 3.27. The van der Waals surface area contributed by atoms with Crippen molar-refractivity contribution >= 4 is 32.1 Å². The second-order valence-corrected chi connectivity index (χ2v) is 8.33. The summed E-state index contributed by atoms with van der Waals surface area (Å²) in [4.78, 5) is 11.2. The Hall–Kier alpha value is -1.66. The zero-order chi connectivity index (χ0) is 16.3. The molecule has 0 fully saturated rings. The average molecular weight is 383 g/mol. The van der Waals surface area contributed by atoms with Crippen molar-refractivity contribution in [2.75, 3.05) is 0 Å². The van der Waals surface area contributed by atoms with Gasteiger partial charge in [-0.3, -0.25) is 4.79 Å². The largest absolute Gasteiger partial charge is 0.457 e. The van der Waals surface area contributed by atoms with Gasteiger partial charge in [-0.15, -0.1) is 0 Å². The smallest absolute Gasteiger partial charge is 0.180 e. The summed E-state index contributed by atoms with van der Waals surface area (Å²) in [6, 6.07) is 11.3. The SMILES string of the molecule is CC(C)S(=O)(=O)c1ccc(Oc2ccc(Br)c(C=O)c2)cc1. The molecular weight excluding hydrogens is 368 g/mol. The minimum Gasteiger partial charge on any atom is -0.457 e. The number of carbonyl (C=O) groups excluding carboxylic acids is 1. The number of hydrogen-bond acceptors (Lipinski definition) is 4. The maximum atomic E-state index is 12.0. The molecule has 0 unspecified atom stereocenters. The Morgan fingerprint density at radius 1 is 1.05 bits per heavy atom. The Balaban J connectivity index is 2.24. The Morgan fingerprint density at radius 2 is 1.64 bits per heavy atom. The molecule has 22 heavy (non-hydrogen) atoms. The number of benzene rings is 2. The van der Waals surface area contributed by atoms with Crippen LogP contribution in [0.5, 0.6) is 11.5 Å². The highest BCUT2D eigenvalue weighted by Gasteiger charge is 2.18. The van der Waals surface area contributed by atoms with Crippen molar-refractivity contribution in [2.24, 2.45) is 0 Å². The Morgan fingerprint density at radius 3 is 2.18 bits per heavy atom. The van der Waals surface area contributed by atoms with Crippen LogP contribution in [-0.2, 0) is 9.84 Å². The molecule has 0 aliphatic rings. The average Bonchev–Trinajstić information content (AvgIpc) is 2.49. The number of halogens is 1. The van der Waals surface area contributed by atoms with Gasteiger partial charge in [0.25, 0.3) is 0 Å². The first-order valence-corrected chi connectivity index (χ1v) is 8.95. The number of ether oxygens (including phenoxy) is 1. The standard InChI is InChI=1S/C16H15BrO4S/c1-11(2)22(19,20)15-6-3-13(4-7-15)21-14-5-8-16(17)12(9-14)10-18/h3-11H,1-2H3. The van der Waals surface area contributed by atoms with Crippen molar-refractivity contribution in [2.45, 2.75) is 24.0 Å². The lowest BCUT2D eigenvalue weighted by Gasteiger charge is -2.10. The van der Waals surface area contributed by atoms with E-state index in [0.717, 1.165) is 6.29 Å². The molecule has 0 heterocycles. The van der Waals surface area contributed by atoms with Gasteiger partial charge in [-0.25, -0.2) is 8.42 Å². The van der Waals surface area contributed by atoms with E-state index < -0.39 is 15.1 Å². The van der Waals surface area contributed by atoms with Crippen LogP contribution in [0.4, 0.5) is 0 Å². The fraction of sp³-hybridized carbons (Fsp3) is 0.188. The van der Waals surface area contributed by atoms with E-state index in [4.69, 9.17) is 4.74 Å². The topological polar surface area (TPSA) is 60.4 Å². The molecule has 2 aromatic carbocycles. The summed E-state index contributed by atoms with van der Waals surface area (Å²) in [6.45, 7) is 3.28. The molecule has 2 aromatic rings. The number of aldehydes is 1. The molecule has 0 aliphatic heterocycles. The van der Waals surface area contributed by atoms with Crippen LogP contribution in [0.2, 0.25) is 0 Å². The molecule has 0 aromatic heterocycles. The van der Waals surface area contributed by atoms with Crippen molar-refractivity contribution in [1.82, 2.24) is 0 Å². The van der Waals surface area contributed by atoms with Crippen molar-refractivity contribution < 1.29 is 17.9 Å². The van der Waals surface area contributed by atoms with Gasteiger partial charge in [-0.05, 0) is 56.3 Å². The van der Waals surface area contributed by atoms with Crippen molar-refractivity contribution in [1.29, 1.82) is 0 Å². The number of rotatable bonds is 5. The second-order valence-electron chi connectivity index (χ2n) is 4.97. The Labute approximate surface area is 138 Å². The Bertz CT molecular complexity index is 780. The minimum atomic E-state index is -3.29. The molecular formula is C16H15BrO4S. The van der Waals surface area contributed by atoms with Crippen LogP contribution in [0, 0.1) is 0 Å². The van der Waals surface area contributed by atoms with Gasteiger partial charge in [0.15, 0.2) is 16.1 Å². The van der Waals surface area contributed by atoms with Gasteiger partial charge in [0.2, 0.25) is 0 Å². The predicted molar refractivity (Wildman–Crippen MR) is 88.4 cm³/mol. The molecule has 116 valence electrons. The minimum absolute atomic E-state index is 0.263. The summed E-state index contributed by atoms with van der Waals surface area (Å²) in [7, 11) is -3.29. The van der Waals surface area contributed by atoms with Crippen LogP contribution >= 0.6 is 15.9 Å². The summed E-state index contributed by atoms with van der Waals surface area (Å²) in [5.74, 6) is 1.01. The molecule has 6 heteroatoms. The van der Waals surface area contributed by atoms with E-state index in [1.54, 1.807) is 44.2 Å². The van der Waals surface area contributed by atoms with E-state index in [1.807, 2.05) is 0 Å². The molecule has 0 amide bonds. The van der Waals surface area contributed by atoms with Gasteiger partial charge in [-0.1, -0.05) is 15.9 Å². The molecule has 0 saturated carbocycles. The van der Waals surface area contributed by atoms with Gasteiger partial charge >= 0.3 is 0 Å². The summed E-state index contributed by atoms with van der Waals surface area (Å²) < 4.78 is 30.4. The Kier molecular flexibility index (Phi) is 5.03. The summed E-state index contributed by atoms with van der Waals surface area (Å²) in [5.41, 5.74) is 0.483. The zero-order valence-electron chi connectivity index (χ0n) is 12.1. The van der Waals surface area contributed by atoms with Crippen LogP contribution < -0.4 is 4.74 Å². The first-order chi connectivity index (χ1) is 10.3. The molecule has 0 bridgehead atoms. The van der Waals surface area contributed by atoms with Crippen LogP contribution in [-0.4, -0.2) is 20.0 Å². The summed E-state index contributed by atoms with van der Waals surface area (Å²) in [6.07, 6.45) is 0.731. The van der Waals surface area contributed by atoms with Gasteiger partial charge < -0.3 is 4.74 Å². The van der Waals surface area contributed by atoms with E-state index in [2.05, 4.69) is 15.9 Å². The van der Waals surface area contributed by atoms with E-state index in [9.17, 15) is 13.2 Å². The molecule has 0 saturated heterocycles. The third-order valence-corrected chi connectivity index (χ3v) is 6.00. The van der Waals surface area contributed by atoms with E-state index in [-0.39, 0.29) is 4.90 Å². The van der Waals surface area contributed by atoms with Gasteiger partial charge in [0.05, 0.1) is 10.1 Å². The summed E-state index contributed by atoms with van der Waals surface area (Å²) in [5, 5.41) is -0.471. The molecule has 4 nitrogen and oxygen atoms in total. The number of carbonyl (C=O) groups is 1. The van der Waals surface area contributed by atoms with Crippen LogP contribution in [0.3, 0.4) is 0 Å². The van der Waals surface area contributed by atoms with Gasteiger partial charge in [0.1, 0.15) is 11.5 Å². The quantitative estimate of drug-likeness (QED) is 0.725. The second kappa shape index (κ2) is 6.62. The normalized spacial score (nSPS) is 11.5. The predicted octanol–water partition coefficient (Wildman–Crippen LogP) is 4.24. The highest BCUT2D eigenvalue weighted by molar-refractivity contribution is 9.10. The lowest BCUT2D eigenvalue weighted by molar-refractivity contribution is 0.112. The van der Waals surface area contributed by atoms with Crippen LogP contribution in [0.25, 0.3) is 0 Å². The first kappa shape index (κ1) is 16.7. The van der Waals surface area contributed by atoms with Crippen molar-refractivity contribution in [3.05, 3.63) is 52.5 Å². The fourth-order valence-electron chi connectivity index (χ4n) is 1.78. The van der Waals surface area contributed by atoms with Crippen LogP contribution in [0.15, 0.2) is 51.8 Å². The molecule has 0 radical (unpaired) electrons. The van der Waals surface area contributed by atoms with Crippen LogP contribution in [0.1, 0.15) is 24.2 Å². The lowest BCUT2D eigenvalue weighted by atomic mass is 10.2. The van der Waals surface area contributed by atoms with E-state index in [1.165, 1.54) is 12.1 Å². The molecule has 0 atom stereocenters. The molecule has 0 aliphatic carbocycles. The molecule has 0 spiro atoms. The maximum absolute atomic E-state index is 12.0. The third kappa shape index (κ3) is 3.56. The monoisotopic (exact) mass is 382 g/mol. The maximum Gasteiger partial charge on any atom is 0.180 e. The van der Waals surface area contributed by atoms with Crippen molar-refractivity contribution in [3.8, 4) is 11.5 Å². The molecule has 2 rings (SSSR count). The zero-order valence-corrected chi connectivity index (χ0v) is 14.5. The van der Waals surface area contributed by atoms with Gasteiger partial charge in [0, 0.05) is 10.0 Å². The lowest BCUT2D eigenvalue weighted by Crippen LogP contribution is -2.13. The number of hydrogen-bond donors (Lipinski definition) is 0. The third-order valence-electron chi connectivity index (χ3n) is 3.10. The highest BCUT2D eigenvalue weighted by atomic mass is 79.9. The van der Waals surface area contributed by atoms with E-state index >= 15 is 0 Å². The fourth-order valence-corrected chi connectivity index (χ4v) is 3.18. The van der Waals surface area contributed by atoms with Gasteiger partial charge in [-0.2, -0.15) is 0 Å². The number of sulfone groups is 1. The molecule has 0 N–H and O–H groups in total. The first-order valence-electron chi connectivity index (χ1n) is 6.61. The highest BCUT2D eigenvalue weighted by Crippen LogP contribution is 2.27. The van der Waals surface area contributed by atoms with Crippen molar-refractivity contribution in [3.63, 3.8) is 0 Å².